The maximum atomic E-state index is 9.06. The molecule has 1 aliphatic carbocycles. The molecule has 3 unspecified atom stereocenters. The SMILES string of the molecule is CCNC(C#N)CN1CCOC2CCCC21. The summed E-state index contributed by atoms with van der Waals surface area (Å²) in [6.07, 6.45) is 4.12. The molecule has 1 aliphatic heterocycles. The molecule has 16 heavy (non-hydrogen) atoms. The lowest BCUT2D eigenvalue weighted by atomic mass is 10.1. The van der Waals surface area contributed by atoms with Gasteiger partial charge in [0.05, 0.1) is 18.8 Å². The first-order chi connectivity index (χ1) is 7.85. The maximum absolute atomic E-state index is 9.06. The molecule has 4 heteroatoms. The van der Waals surface area contributed by atoms with Gasteiger partial charge < -0.3 is 10.1 Å². The smallest absolute Gasteiger partial charge is 0.108 e. The van der Waals surface area contributed by atoms with Crippen LogP contribution in [0.5, 0.6) is 0 Å². The van der Waals surface area contributed by atoms with Crippen LogP contribution in [-0.2, 0) is 4.74 Å². The van der Waals surface area contributed by atoms with Gasteiger partial charge in [0.25, 0.3) is 0 Å². The van der Waals surface area contributed by atoms with Gasteiger partial charge in [0, 0.05) is 19.1 Å². The predicted molar refractivity (Wildman–Crippen MR) is 62.0 cm³/mol. The third-order valence-electron chi connectivity index (χ3n) is 3.62. The highest BCUT2D eigenvalue weighted by Crippen LogP contribution is 2.29. The van der Waals surface area contributed by atoms with E-state index in [4.69, 9.17) is 10.00 Å². The van der Waals surface area contributed by atoms with Crippen LogP contribution in [0.4, 0.5) is 0 Å². The summed E-state index contributed by atoms with van der Waals surface area (Å²) < 4.78 is 5.76. The largest absolute Gasteiger partial charge is 0.375 e. The van der Waals surface area contributed by atoms with Crippen LogP contribution >= 0.6 is 0 Å². The highest BCUT2D eigenvalue weighted by atomic mass is 16.5. The van der Waals surface area contributed by atoms with E-state index in [9.17, 15) is 0 Å². The van der Waals surface area contributed by atoms with Crippen LogP contribution in [0.2, 0.25) is 0 Å². The zero-order chi connectivity index (χ0) is 11.4. The molecule has 90 valence electrons. The lowest BCUT2D eigenvalue weighted by Gasteiger charge is -2.38. The third-order valence-corrected chi connectivity index (χ3v) is 3.62. The van der Waals surface area contributed by atoms with Gasteiger partial charge in [-0.05, 0) is 25.8 Å². The average molecular weight is 223 g/mol. The van der Waals surface area contributed by atoms with Crippen molar-refractivity contribution < 1.29 is 4.74 Å². The van der Waals surface area contributed by atoms with Crippen molar-refractivity contribution in [3.05, 3.63) is 0 Å². The van der Waals surface area contributed by atoms with Gasteiger partial charge in [0.2, 0.25) is 0 Å². The van der Waals surface area contributed by atoms with E-state index in [2.05, 4.69) is 16.3 Å². The highest BCUT2D eigenvalue weighted by molar-refractivity contribution is 4.96. The van der Waals surface area contributed by atoms with E-state index in [0.29, 0.717) is 12.1 Å². The van der Waals surface area contributed by atoms with Crippen LogP contribution in [0, 0.1) is 11.3 Å². The van der Waals surface area contributed by atoms with E-state index >= 15 is 0 Å². The van der Waals surface area contributed by atoms with Crippen molar-refractivity contribution in [3.8, 4) is 6.07 Å². The lowest BCUT2D eigenvalue weighted by molar-refractivity contribution is -0.0565. The van der Waals surface area contributed by atoms with Gasteiger partial charge in [-0.1, -0.05) is 6.92 Å². The van der Waals surface area contributed by atoms with E-state index in [1.54, 1.807) is 0 Å². The molecule has 2 rings (SSSR count). The van der Waals surface area contributed by atoms with Gasteiger partial charge >= 0.3 is 0 Å². The molecule has 0 radical (unpaired) electrons. The number of fused-ring (bicyclic) bond motifs is 1. The molecule has 2 fully saturated rings. The summed E-state index contributed by atoms with van der Waals surface area (Å²) in [5.41, 5.74) is 0. The molecule has 0 amide bonds. The number of hydrogen-bond donors (Lipinski definition) is 1. The normalized spacial score (nSPS) is 32.0. The zero-order valence-corrected chi connectivity index (χ0v) is 9.98. The minimum absolute atomic E-state index is 0.0376. The van der Waals surface area contributed by atoms with Crippen LogP contribution in [0.3, 0.4) is 0 Å². The lowest BCUT2D eigenvalue weighted by Crippen LogP contribution is -2.52. The van der Waals surface area contributed by atoms with E-state index in [1.807, 2.05) is 6.92 Å². The van der Waals surface area contributed by atoms with Gasteiger partial charge in [-0.15, -0.1) is 0 Å². The second kappa shape index (κ2) is 5.62. The summed E-state index contributed by atoms with van der Waals surface area (Å²) in [7, 11) is 0. The first kappa shape index (κ1) is 11.8. The Kier molecular flexibility index (Phi) is 4.16. The van der Waals surface area contributed by atoms with E-state index in [1.165, 1.54) is 19.3 Å². The monoisotopic (exact) mass is 223 g/mol. The summed E-state index contributed by atoms with van der Waals surface area (Å²) in [4.78, 5) is 2.44. The molecule has 1 heterocycles. The molecule has 1 saturated heterocycles. The standard InChI is InChI=1S/C12H21N3O/c1-2-14-10(8-13)9-15-6-7-16-12-5-3-4-11(12)15/h10-12,14H,2-7,9H2,1H3. The predicted octanol–water partition coefficient (Wildman–Crippen LogP) is 0.741. The maximum Gasteiger partial charge on any atom is 0.108 e. The Morgan fingerprint density at radius 3 is 3.19 bits per heavy atom. The number of likely N-dealkylation sites (N-methyl/N-ethyl adjacent to an activating group) is 1. The third kappa shape index (κ3) is 2.54. The van der Waals surface area contributed by atoms with Crippen molar-refractivity contribution in [1.29, 1.82) is 5.26 Å². The van der Waals surface area contributed by atoms with Crippen molar-refractivity contribution in [3.63, 3.8) is 0 Å². The molecule has 0 spiro atoms. The first-order valence-corrected chi connectivity index (χ1v) is 6.33. The van der Waals surface area contributed by atoms with Crippen LogP contribution < -0.4 is 5.32 Å². The fraction of sp³-hybridized carbons (Fsp3) is 0.917. The molecule has 4 nitrogen and oxygen atoms in total. The molecule has 0 aromatic carbocycles. The summed E-state index contributed by atoms with van der Waals surface area (Å²) in [6, 6.07) is 2.86. The Morgan fingerprint density at radius 2 is 2.44 bits per heavy atom. The Hall–Kier alpha value is -0.630. The Bertz CT molecular complexity index is 263. The summed E-state index contributed by atoms with van der Waals surface area (Å²) in [5, 5.41) is 12.3. The van der Waals surface area contributed by atoms with E-state index in [-0.39, 0.29) is 6.04 Å². The van der Waals surface area contributed by atoms with Gasteiger partial charge in [0.1, 0.15) is 6.04 Å². The van der Waals surface area contributed by atoms with Crippen LogP contribution in [0.1, 0.15) is 26.2 Å². The molecule has 0 aromatic heterocycles. The topological polar surface area (TPSA) is 48.3 Å². The van der Waals surface area contributed by atoms with Crippen molar-refractivity contribution in [1.82, 2.24) is 10.2 Å². The van der Waals surface area contributed by atoms with Gasteiger partial charge in [-0.3, -0.25) is 4.90 Å². The molecule has 1 saturated carbocycles. The number of hydrogen-bond acceptors (Lipinski definition) is 4. The van der Waals surface area contributed by atoms with Crippen molar-refractivity contribution in [2.24, 2.45) is 0 Å². The summed E-state index contributed by atoms with van der Waals surface area (Å²) in [6.45, 7) is 5.55. The number of nitrogens with zero attached hydrogens (tertiary/aromatic N) is 2. The van der Waals surface area contributed by atoms with E-state index < -0.39 is 0 Å². The molecule has 1 N–H and O–H groups in total. The Morgan fingerprint density at radius 1 is 1.56 bits per heavy atom. The number of ether oxygens (including phenoxy) is 1. The van der Waals surface area contributed by atoms with Gasteiger partial charge in [-0.25, -0.2) is 0 Å². The minimum atomic E-state index is -0.0376. The van der Waals surface area contributed by atoms with Gasteiger partial charge in [0.15, 0.2) is 0 Å². The molecular formula is C12H21N3O. The summed E-state index contributed by atoms with van der Waals surface area (Å²) in [5.74, 6) is 0. The zero-order valence-electron chi connectivity index (χ0n) is 9.98. The highest BCUT2D eigenvalue weighted by Gasteiger charge is 2.36. The fourth-order valence-electron chi connectivity index (χ4n) is 2.86. The molecule has 0 bridgehead atoms. The van der Waals surface area contributed by atoms with Crippen molar-refractivity contribution in [2.45, 2.75) is 44.4 Å². The van der Waals surface area contributed by atoms with Crippen molar-refractivity contribution >= 4 is 0 Å². The van der Waals surface area contributed by atoms with Crippen LogP contribution in [0.25, 0.3) is 0 Å². The minimum Gasteiger partial charge on any atom is -0.375 e. The molecular weight excluding hydrogens is 202 g/mol. The van der Waals surface area contributed by atoms with Gasteiger partial charge in [-0.2, -0.15) is 5.26 Å². The number of nitrogens with one attached hydrogen (secondary N) is 1. The quantitative estimate of drug-likeness (QED) is 0.763. The van der Waals surface area contributed by atoms with Crippen molar-refractivity contribution in [2.75, 3.05) is 26.2 Å². The summed E-state index contributed by atoms with van der Waals surface area (Å²) >= 11 is 0. The molecule has 2 aliphatic rings. The average Bonchev–Trinajstić information content (AvgIpc) is 2.77. The first-order valence-electron chi connectivity index (χ1n) is 6.33. The second-order valence-electron chi connectivity index (χ2n) is 4.64. The number of morpholine rings is 1. The van der Waals surface area contributed by atoms with Crippen LogP contribution in [-0.4, -0.2) is 49.3 Å². The second-order valence-corrected chi connectivity index (χ2v) is 4.64. The van der Waals surface area contributed by atoms with Crippen LogP contribution in [0.15, 0.2) is 0 Å². The Balaban J connectivity index is 1.90. The number of nitriles is 1. The molecule has 0 aromatic rings. The fourth-order valence-corrected chi connectivity index (χ4v) is 2.86. The molecule has 3 atom stereocenters. The Labute approximate surface area is 97.6 Å². The van der Waals surface area contributed by atoms with E-state index in [0.717, 1.165) is 26.2 Å². The number of rotatable bonds is 4.